The number of hydrogen-bond donors (Lipinski definition) is 2. The summed E-state index contributed by atoms with van der Waals surface area (Å²) in [4.78, 5) is 13.5. The number of benzene rings is 2. The van der Waals surface area contributed by atoms with Gasteiger partial charge in [-0.2, -0.15) is 0 Å². The van der Waals surface area contributed by atoms with Crippen LogP contribution >= 0.6 is 0 Å². The minimum absolute atomic E-state index is 0.442. The molecule has 0 heterocycles. The molecule has 2 aromatic rings. The van der Waals surface area contributed by atoms with Crippen molar-refractivity contribution in [1.29, 1.82) is 0 Å². The monoisotopic (exact) mass is 299 g/mol. The van der Waals surface area contributed by atoms with Crippen LogP contribution in [0.25, 0.3) is 0 Å². The summed E-state index contributed by atoms with van der Waals surface area (Å²) in [6.07, 6.45) is 0. The summed E-state index contributed by atoms with van der Waals surface area (Å²) < 4.78 is 0. The Morgan fingerprint density at radius 1 is 0.955 bits per heavy atom. The molecule has 4 nitrogen and oxygen atoms in total. The maximum absolute atomic E-state index is 11.7. The van der Waals surface area contributed by atoms with Crippen LogP contribution in [0.5, 0.6) is 0 Å². The number of carboxylic acid groups (broad SMARTS) is 1. The van der Waals surface area contributed by atoms with Crippen LogP contribution in [0.1, 0.15) is 18.1 Å². The average Bonchev–Trinajstić information content (AvgIpc) is 2.55. The fraction of sp³-hybridized carbons (Fsp3) is 0.278. The largest absolute Gasteiger partial charge is 0.480 e. The van der Waals surface area contributed by atoms with Crippen molar-refractivity contribution in [2.75, 3.05) is 6.61 Å². The molecule has 0 saturated heterocycles. The Morgan fingerprint density at radius 2 is 1.36 bits per heavy atom. The van der Waals surface area contributed by atoms with Crippen molar-refractivity contribution in [3.05, 3.63) is 71.8 Å². The molecule has 116 valence electrons. The molecular formula is C18H21NO3. The van der Waals surface area contributed by atoms with Gasteiger partial charge in [-0.25, -0.2) is 0 Å². The van der Waals surface area contributed by atoms with Crippen LogP contribution in [0, 0.1) is 0 Å². The van der Waals surface area contributed by atoms with Crippen molar-refractivity contribution in [3.63, 3.8) is 0 Å². The zero-order valence-electron chi connectivity index (χ0n) is 12.6. The first-order chi connectivity index (χ1) is 10.6. The molecule has 0 fully saturated rings. The molecule has 0 aliphatic carbocycles. The van der Waals surface area contributed by atoms with Gasteiger partial charge in [-0.05, 0) is 18.1 Å². The van der Waals surface area contributed by atoms with E-state index in [1.165, 1.54) is 0 Å². The van der Waals surface area contributed by atoms with Gasteiger partial charge < -0.3 is 10.2 Å². The van der Waals surface area contributed by atoms with Gasteiger partial charge in [0.05, 0.1) is 6.61 Å². The lowest BCUT2D eigenvalue weighted by Gasteiger charge is -2.36. The highest BCUT2D eigenvalue weighted by molar-refractivity contribution is 5.78. The Balaban J connectivity index is 2.29. The van der Waals surface area contributed by atoms with Gasteiger partial charge in [-0.15, -0.1) is 0 Å². The van der Waals surface area contributed by atoms with Crippen LogP contribution in [-0.2, 0) is 17.9 Å². The molecule has 0 bridgehead atoms. The minimum Gasteiger partial charge on any atom is -0.480 e. The van der Waals surface area contributed by atoms with Gasteiger partial charge in [-0.3, -0.25) is 9.69 Å². The van der Waals surface area contributed by atoms with Gasteiger partial charge in [0.2, 0.25) is 0 Å². The van der Waals surface area contributed by atoms with E-state index in [9.17, 15) is 15.0 Å². The minimum atomic E-state index is -1.33. The number of carbonyl (C=O) groups is 1. The molecule has 2 rings (SSSR count). The van der Waals surface area contributed by atoms with Gasteiger partial charge in [0.1, 0.15) is 5.54 Å². The summed E-state index contributed by atoms with van der Waals surface area (Å²) in [5, 5.41) is 19.2. The number of aliphatic hydroxyl groups excluding tert-OH is 1. The van der Waals surface area contributed by atoms with E-state index in [4.69, 9.17) is 0 Å². The lowest BCUT2D eigenvalue weighted by atomic mass is 9.99. The third kappa shape index (κ3) is 3.72. The predicted molar refractivity (Wildman–Crippen MR) is 85.3 cm³/mol. The smallest absolute Gasteiger partial charge is 0.326 e. The second-order valence-electron chi connectivity index (χ2n) is 5.56. The van der Waals surface area contributed by atoms with E-state index < -0.39 is 18.1 Å². The molecule has 2 aromatic carbocycles. The SMILES string of the molecule is C[C@@](CO)(C(=O)O)N(Cc1ccccc1)Cc1ccccc1. The van der Waals surface area contributed by atoms with Crippen LogP contribution in [0.4, 0.5) is 0 Å². The Morgan fingerprint density at radius 3 is 1.68 bits per heavy atom. The highest BCUT2D eigenvalue weighted by Gasteiger charge is 2.39. The fourth-order valence-corrected chi connectivity index (χ4v) is 2.32. The number of hydrogen-bond acceptors (Lipinski definition) is 3. The van der Waals surface area contributed by atoms with Gasteiger partial charge >= 0.3 is 5.97 Å². The van der Waals surface area contributed by atoms with Crippen molar-refractivity contribution < 1.29 is 15.0 Å². The maximum atomic E-state index is 11.7. The molecule has 0 aliphatic heterocycles. The third-order valence-corrected chi connectivity index (χ3v) is 3.90. The predicted octanol–water partition coefficient (Wildman–Crippen LogP) is 2.52. The van der Waals surface area contributed by atoms with Gasteiger partial charge in [0.25, 0.3) is 0 Å². The molecule has 1 atom stereocenters. The van der Waals surface area contributed by atoms with Gasteiger partial charge in [0.15, 0.2) is 0 Å². The fourth-order valence-electron chi connectivity index (χ4n) is 2.32. The normalized spacial score (nSPS) is 13.8. The molecule has 0 amide bonds. The molecule has 0 spiro atoms. The lowest BCUT2D eigenvalue weighted by molar-refractivity contribution is -0.154. The van der Waals surface area contributed by atoms with Crippen molar-refractivity contribution >= 4 is 5.97 Å². The third-order valence-electron chi connectivity index (χ3n) is 3.90. The first-order valence-corrected chi connectivity index (χ1v) is 7.23. The summed E-state index contributed by atoms with van der Waals surface area (Å²) in [5.74, 6) is -1.03. The number of rotatable bonds is 7. The number of aliphatic hydroxyl groups is 1. The van der Waals surface area contributed by atoms with Crippen LogP contribution in [-0.4, -0.2) is 33.2 Å². The highest BCUT2D eigenvalue weighted by Crippen LogP contribution is 2.22. The topological polar surface area (TPSA) is 60.8 Å². The second-order valence-corrected chi connectivity index (χ2v) is 5.56. The summed E-state index contributed by atoms with van der Waals surface area (Å²) in [7, 11) is 0. The Labute approximate surface area is 130 Å². The van der Waals surface area contributed by atoms with Gasteiger partial charge in [0, 0.05) is 13.1 Å². The molecule has 0 unspecified atom stereocenters. The standard InChI is InChI=1S/C18H21NO3/c1-18(14-20,17(21)22)19(12-15-8-4-2-5-9-15)13-16-10-6-3-7-11-16/h2-11,20H,12-14H2,1H3,(H,21,22)/t18-/m1/s1. The number of carboxylic acids is 1. The van der Waals surface area contributed by atoms with E-state index in [1.807, 2.05) is 60.7 Å². The summed E-state index contributed by atoms with van der Waals surface area (Å²) in [5.41, 5.74) is 0.699. The maximum Gasteiger partial charge on any atom is 0.326 e. The molecule has 4 heteroatoms. The second kappa shape index (κ2) is 7.20. The number of nitrogens with zero attached hydrogens (tertiary/aromatic N) is 1. The molecule has 22 heavy (non-hydrogen) atoms. The summed E-state index contributed by atoms with van der Waals surface area (Å²) in [6.45, 7) is 2.03. The summed E-state index contributed by atoms with van der Waals surface area (Å²) in [6, 6.07) is 19.4. The van der Waals surface area contributed by atoms with Crippen molar-refractivity contribution in [2.45, 2.75) is 25.6 Å². The molecule has 0 radical (unpaired) electrons. The van der Waals surface area contributed by atoms with E-state index in [1.54, 1.807) is 11.8 Å². The first-order valence-electron chi connectivity index (χ1n) is 7.23. The molecule has 0 saturated carbocycles. The van der Waals surface area contributed by atoms with Crippen molar-refractivity contribution in [1.82, 2.24) is 4.90 Å². The summed E-state index contributed by atoms with van der Waals surface area (Å²) >= 11 is 0. The zero-order valence-corrected chi connectivity index (χ0v) is 12.6. The van der Waals surface area contributed by atoms with Crippen molar-refractivity contribution in [2.24, 2.45) is 0 Å². The Hall–Kier alpha value is -2.17. The van der Waals surface area contributed by atoms with Crippen LogP contribution in [0.2, 0.25) is 0 Å². The van der Waals surface area contributed by atoms with Crippen LogP contribution in [0.15, 0.2) is 60.7 Å². The highest BCUT2D eigenvalue weighted by atomic mass is 16.4. The van der Waals surface area contributed by atoms with E-state index >= 15 is 0 Å². The van der Waals surface area contributed by atoms with E-state index in [0.717, 1.165) is 11.1 Å². The van der Waals surface area contributed by atoms with Crippen molar-refractivity contribution in [3.8, 4) is 0 Å². The van der Waals surface area contributed by atoms with E-state index in [2.05, 4.69) is 0 Å². The Kier molecular flexibility index (Phi) is 5.31. The quantitative estimate of drug-likeness (QED) is 0.825. The van der Waals surface area contributed by atoms with Crippen LogP contribution < -0.4 is 0 Å². The zero-order chi connectivity index (χ0) is 16.0. The van der Waals surface area contributed by atoms with Crippen LogP contribution in [0.3, 0.4) is 0 Å². The molecule has 2 N–H and O–H groups in total. The lowest BCUT2D eigenvalue weighted by Crippen LogP contribution is -2.54. The van der Waals surface area contributed by atoms with Gasteiger partial charge in [-0.1, -0.05) is 60.7 Å². The molecular weight excluding hydrogens is 278 g/mol. The van der Waals surface area contributed by atoms with E-state index in [0.29, 0.717) is 13.1 Å². The molecule has 0 aromatic heterocycles. The molecule has 0 aliphatic rings. The van der Waals surface area contributed by atoms with E-state index in [-0.39, 0.29) is 0 Å². The Bertz CT molecular complexity index is 559. The number of aliphatic carboxylic acids is 1. The average molecular weight is 299 g/mol. The first kappa shape index (κ1) is 16.2.